The maximum atomic E-state index is 14.4. The van der Waals surface area contributed by atoms with Crippen molar-refractivity contribution < 1.29 is 27.1 Å². The minimum Gasteiger partial charge on any atom is -0.490 e. The van der Waals surface area contributed by atoms with E-state index in [1.807, 2.05) is 0 Å². The van der Waals surface area contributed by atoms with Gasteiger partial charge in [-0.2, -0.15) is 13.2 Å². The normalized spacial score (nSPS) is 17.9. The van der Waals surface area contributed by atoms with Crippen LogP contribution in [0.15, 0.2) is 41.6 Å². The first kappa shape index (κ1) is 22.4. The molecule has 4 rings (SSSR count). The maximum Gasteiger partial charge on any atom is 0.419 e. The highest BCUT2D eigenvalue weighted by Gasteiger charge is 2.35. The molecular formula is C23H22F4N2O3. The van der Waals surface area contributed by atoms with Crippen molar-refractivity contribution in [2.24, 2.45) is 5.18 Å². The molecule has 2 aromatic rings. The van der Waals surface area contributed by atoms with Crippen molar-refractivity contribution in [3.63, 3.8) is 0 Å². The van der Waals surface area contributed by atoms with Crippen molar-refractivity contribution in [1.29, 1.82) is 0 Å². The minimum atomic E-state index is -4.48. The second kappa shape index (κ2) is 8.97. The molecule has 1 saturated heterocycles. The number of alkyl halides is 3. The average molecular weight is 450 g/mol. The fourth-order valence-corrected chi connectivity index (χ4v) is 4.16. The van der Waals surface area contributed by atoms with E-state index in [0.29, 0.717) is 32.5 Å². The van der Waals surface area contributed by atoms with E-state index < -0.39 is 23.5 Å². The Labute approximate surface area is 182 Å². The Hall–Kier alpha value is -2.81. The summed E-state index contributed by atoms with van der Waals surface area (Å²) < 4.78 is 59.6. The molecule has 1 amide bonds. The van der Waals surface area contributed by atoms with Gasteiger partial charge in [0, 0.05) is 24.8 Å². The van der Waals surface area contributed by atoms with E-state index in [4.69, 9.17) is 4.74 Å². The molecule has 0 atom stereocenters. The molecule has 32 heavy (non-hydrogen) atoms. The third-order valence-electron chi connectivity index (χ3n) is 5.97. The lowest BCUT2D eigenvalue weighted by atomic mass is 9.97. The molecule has 5 nitrogen and oxygen atoms in total. The van der Waals surface area contributed by atoms with Gasteiger partial charge in [0.1, 0.15) is 17.7 Å². The van der Waals surface area contributed by atoms with E-state index >= 15 is 0 Å². The molecule has 2 aliphatic rings. The average Bonchev–Trinajstić information content (AvgIpc) is 3.60. The lowest BCUT2D eigenvalue weighted by Crippen LogP contribution is -2.38. The first-order valence-electron chi connectivity index (χ1n) is 10.5. The quantitative estimate of drug-likeness (QED) is 0.420. The molecule has 1 aliphatic heterocycles. The molecule has 0 radical (unpaired) electrons. The SMILES string of the molecule is O=NC(=O)c1cc(C2CC2)c(CN2CCC(Oc3ccccc3C(F)(F)F)CC2)cc1F. The fraction of sp³-hybridized carbons (Fsp3) is 0.435. The fourth-order valence-electron chi connectivity index (χ4n) is 4.16. The van der Waals surface area contributed by atoms with E-state index in [1.54, 1.807) is 0 Å². The zero-order chi connectivity index (χ0) is 22.9. The number of hydrogen-bond acceptors (Lipinski definition) is 4. The van der Waals surface area contributed by atoms with Gasteiger partial charge in [-0.25, -0.2) is 4.39 Å². The summed E-state index contributed by atoms with van der Waals surface area (Å²) in [6.45, 7) is 1.62. The number of likely N-dealkylation sites (tertiary alicyclic amines) is 1. The molecule has 170 valence electrons. The Morgan fingerprint density at radius 2 is 1.78 bits per heavy atom. The Morgan fingerprint density at radius 3 is 2.41 bits per heavy atom. The predicted octanol–water partition coefficient (Wildman–Crippen LogP) is 5.67. The molecule has 0 spiro atoms. The van der Waals surface area contributed by atoms with Crippen LogP contribution in [0.4, 0.5) is 17.6 Å². The number of amides is 1. The minimum absolute atomic E-state index is 0.166. The van der Waals surface area contributed by atoms with E-state index in [9.17, 15) is 27.3 Å². The number of carbonyl (C=O) groups is 1. The molecule has 0 unspecified atom stereocenters. The molecule has 2 aromatic carbocycles. The van der Waals surface area contributed by atoms with Crippen molar-refractivity contribution in [3.8, 4) is 5.75 Å². The van der Waals surface area contributed by atoms with Crippen molar-refractivity contribution in [3.05, 3.63) is 69.4 Å². The van der Waals surface area contributed by atoms with Gasteiger partial charge in [-0.1, -0.05) is 12.1 Å². The second-order valence-electron chi connectivity index (χ2n) is 8.29. The van der Waals surface area contributed by atoms with Crippen LogP contribution in [0, 0.1) is 10.7 Å². The summed E-state index contributed by atoms with van der Waals surface area (Å²) in [7, 11) is 0. The monoisotopic (exact) mass is 450 g/mol. The predicted molar refractivity (Wildman–Crippen MR) is 109 cm³/mol. The van der Waals surface area contributed by atoms with E-state index in [2.05, 4.69) is 10.1 Å². The Balaban J connectivity index is 1.41. The van der Waals surface area contributed by atoms with Crippen molar-refractivity contribution in [2.75, 3.05) is 13.1 Å². The zero-order valence-electron chi connectivity index (χ0n) is 17.2. The number of benzene rings is 2. The largest absolute Gasteiger partial charge is 0.490 e. The van der Waals surface area contributed by atoms with Crippen LogP contribution in [0.3, 0.4) is 0 Å². The van der Waals surface area contributed by atoms with Crippen LogP contribution >= 0.6 is 0 Å². The van der Waals surface area contributed by atoms with Crippen molar-refractivity contribution in [2.45, 2.75) is 50.4 Å². The summed E-state index contributed by atoms with van der Waals surface area (Å²) in [5, 5.41) is 2.33. The lowest BCUT2D eigenvalue weighted by Gasteiger charge is -2.33. The van der Waals surface area contributed by atoms with Crippen molar-refractivity contribution >= 4 is 5.91 Å². The Bertz CT molecular complexity index is 1010. The van der Waals surface area contributed by atoms with Gasteiger partial charge in [0.05, 0.1) is 11.1 Å². The third kappa shape index (κ3) is 4.98. The van der Waals surface area contributed by atoms with Crippen LogP contribution in [0.1, 0.15) is 58.6 Å². The Kier molecular flexibility index (Phi) is 6.28. The number of para-hydroxylation sites is 1. The van der Waals surface area contributed by atoms with E-state index in [1.165, 1.54) is 30.3 Å². The van der Waals surface area contributed by atoms with E-state index in [0.717, 1.165) is 30.0 Å². The van der Waals surface area contributed by atoms with Crippen LogP contribution < -0.4 is 4.74 Å². The van der Waals surface area contributed by atoms with Crippen LogP contribution in [0.2, 0.25) is 0 Å². The van der Waals surface area contributed by atoms with Gasteiger partial charge in [-0.3, -0.25) is 9.69 Å². The van der Waals surface area contributed by atoms with Crippen LogP contribution in [0.25, 0.3) is 0 Å². The van der Waals surface area contributed by atoms with Crippen molar-refractivity contribution in [1.82, 2.24) is 4.90 Å². The van der Waals surface area contributed by atoms with Crippen LogP contribution in [0.5, 0.6) is 5.75 Å². The summed E-state index contributed by atoms with van der Waals surface area (Å²) in [6.07, 6.45) is -1.86. The molecule has 0 aromatic heterocycles. The topological polar surface area (TPSA) is 59.0 Å². The van der Waals surface area contributed by atoms with Crippen LogP contribution in [-0.4, -0.2) is 30.0 Å². The molecule has 0 N–H and O–H groups in total. The molecule has 2 fully saturated rings. The Morgan fingerprint density at radius 1 is 1.09 bits per heavy atom. The molecule has 9 heteroatoms. The number of hydrogen-bond donors (Lipinski definition) is 0. The molecule has 0 bridgehead atoms. The van der Waals surface area contributed by atoms with Gasteiger partial charge in [0.25, 0.3) is 0 Å². The molecule has 1 heterocycles. The first-order valence-corrected chi connectivity index (χ1v) is 10.5. The smallest absolute Gasteiger partial charge is 0.419 e. The summed E-state index contributed by atoms with van der Waals surface area (Å²) >= 11 is 0. The lowest BCUT2D eigenvalue weighted by molar-refractivity contribution is -0.139. The molecule has 1 saturated carbocycles. The van der Waals surface area contributed by atoms with Gasteiger partial charge in [-0.05, 0) is 67.0 Å². The maximum absolute atomic E-state index is 14.4. The summed E-state index contributed by atoms with van der Waals surface area (Å²) in [5.74, 6) is -1.81. The zero-order valence-corrected chi connectivity index (χ0v) is 17.2. The second-order valence-corrected chi connectivity index (χ2v) is 8.29. The van der Waals surface area contributed by atoms with E-state index in [-0.39, 0.29) is 23.3 Å². The molecule has 1 aliphatic carbocycles. The van der Waals surface area contributed by atoms with Gasteiger partial charge < -0.3 is 4.74 Å². The number of carbonyl (C=O) groups excluding carboxylic acids is 1. The number of ether oxygens (including phenoxy) is 1. The highest BCUT2D eigenvalue weighted by molar-refractivity contribution is 5.95. The van der Waals surface area contributed by atoms with Crippen LogP contribution in [-0.2, 0) is 12.7 Å². The summed E-state index contributed by atoms with van der Waals surface area (Å²) in [4.78, 5) is 24.2. The summed E-state index contributed by atoms with van der Waals surface area (Å²) in [5.41, 5.74) is 0.526. The molecular weight excluding hydrogens is 428 g/mol. The third-order valence-corrected chi connectivity index (χ3v) is 5.97. The number of piperidine rings is 1. The highest BCUT2D eigenvalue weighted by atomic mass is 19.4. The summed E-state index contributed by atoms with van der Waals surface area (Å²) in [6, 6.07) is 7.93. The number of rotatable bonds is 6. The number of nitroso groups, excluding NO2 is 1. The number of nitrogens with zero attached hydrogens (tertiary/aromatic N) is 2. The van der Waals surface area contributed by atoms with Gasteiger partial charge in [0.2, 0.25) is 0 Å². The van der Waals surface area contributed by atoms with Gasteiger partial charge >= 0.3 is 12.1 Å². The highest BCUT2D eigenvalue weighted by Crippen LogP contribution is 2.43. The number of halogens is 4. The standard InChI is InChI=1S/C23H22F4N2O3/c24-20-11-15(17(14-5-6-14)12-18(20)22(30)28-31)13-29-9-7-16(8-10-29)32-21-4-2-1-3-19(21)23(25,26)27/h1-4,11-12,14,16H,5-10,13H2. The van der Waals surface area contributed by atoms with Gasteiger partial charge in [0.15, 0.2) is 0 Å². The first-order chi connectivity index (χ1) is 15.3. The van der Waals surface area contributed by atoms with Gasteiger partial charge in [-0.15, -0.1) is 4.91 Å².